The van der Waals surface area contributed by atoms with E-state index >= 15 is 0 Å². The lowest BCUT2D eigenvalue weighted by Crippen LogP contribution is -1.99. The van der Waals surface area contributed by atoms with Crippen LogP contribution >= 0.6 is 0 Å². The van der Waals surface area contributed by atoms with Gasteiger partial charge in [0, 0.05) is 0 Å². The second kappa shape index (κ2) is 4.08. The molecule has 1 aliphatic rings. The average molecular weight is 247 g/mol. The maximum atomic E-state index is 14.0. The molecule has 0 bridgehead atoms. The van der Waals surface area contributed by atoms with Crippen molar-refractivity contribution < 1.29 is 9.13 Å². The fourth-order valence-corrected chi connectivity index (χ4v) is 2.04. The SMILES string of the molecule is COc1c(C)ccc(F)c1-c1cnn(C2CC2)n1. The molecular formula is C13H14FN3O. The van der Waals surface area contributed by atoms with Crippen LogP contribution in [0.25, 0.3) is 11.3 Å². The first-order valence-corrected chi connectivity index (χ1v) is 5.96. The van der Waals surface area contributed by atoms with Gasteiger partial charge in [0.15, 0.2) is 0 Å². The summed E-state index contributed by atoms with van der Waals surface area (Å²) in [5, 5.41) is 8.52. The molecule has 0 spiro atoms. The molecule has 1 aliphatic carbocycles. The molecule has 0 N–H and O–H groups in total. The van der Waals surface area contributed by atoms with Gasteiger partial charge in [0.2, 0.25) is 0 Å². The molecular weight excluding hydrogens is 233 g/mol. The van der Waals surface area contributed by atoms with Gasteiger partial charge in [-0.25, -0.2) is 4.39 Å². The van der Waals surface area contributed by atoms with E-state index in [1.807, 2.05) is 6.92 Å². The van der Waals surface area contributed by atoms with E-state index in [2.05, 4.69) is 10.2 Å². The lowest BCUT2D eigenvalue weighted by atomic mass is 10.1. The normalized spacial score (nSPS) is 14.8. The Morgan fingerprint density at radius 2 is 2.17 bits per heavy atom. The highest BCUT2D eigenvalue weighted by Gasteiger charge is 2.27. The van der Waals surface area contributed by atoms with Gasteiger partial charge in [-0.05, 0) is 31.4 Å². The summed E-state index contributed by atoms with van der Waals surface area (Å²) in [5.74, 6) is 0.193. The Labute approximate surface area is 104 Å². The number of hydrogen-bond donors (Lipinski definition) is 0. The molecule has 0 saturated heterocycles. The highest BCUT2D eigenvalue weighted by molar-refractivity contribution is 5.69. The van der Waals surface area contributed by atoms with Gasteiger partial charge in [-0.3, -0.25) is 0 Å². The van der Waals surface area contributed by atoms with Crippen molar-refractivity contribution in [2.45, 2.75) is 25.8 Å². The van der Waals surface area contributed by atoms with Crippen LogP contribution in [0.4, 0.5) is 4.39 Å². The summed E-state index contributed by atoms with van der Waals surface area (Å²) < 4.78 is 19.3. The minimum atomic E-state index is -0.333. The van der Waals surface area contributed by atoms with Crippen molar-refractivity contribution in [2.75, 3.05) is 7.11 Å². The van der Waals surface area contributed by atoms with Gasteiger partial charge >= 0.3 is 0 Å². The number of benzene rings is 1. The van der Waals surface area contributed by atoms with Gasteiger partial charge in [0.05, 0.1) is 24.9 Å². The minimum Gasteiger partial charge on any atom is -0.496 e. The Balaban J connectivity index is 2.11. The molecule has 94 valence electrons. The molecule has 0 atom stereocenters. The number of aromatic nitrogens is 3. The maximum Gasteiger partial charge on any atom is 0.136 e. The van der Waals surface area contributed by atoms with Crippen LogP contribution in [0.5, 0.6) is 5.75 Å². The Kier molecular flexibility index (Phi) is 2.54. The molecule has 3 rings (SSSR count). The van der Waals surface area contributed by atoms with Crippen molar-refractivity contribution in [1.82, 2.24) is 15.0 Å². The molecule has 0 radical (unpaired) electrons. The molecule has 0 unspecified atom stereocenters. The molecule has 1 aromatic carbocycles. The number of ether oxygens (including phenoxy) is 1. The first-order chi connectivity index (χ1) is 8.70. The quantitative estimate of drug-likeness (QED) is 0.837. The van der Waals surface area contributed by atoms with Gasteiger partial charge in [-0.15, -0.1) is 0 Å². The maximum absolute atomic E-state index is 14.0. The van der Waals surface area contributed by atoms with Crippen molar-refractivity contribution in [3.8, 4) is 17.0 Å². The summed E-state index contributed by atoms with van der Waals surface area (Å²) in [6.45, 7) is 1.88. The topological polar surface area (TPSA) is 39.9 Å². The zero-order valence-corrected chi connectivity index (χ0v) is 10.4. The van der Waals surface area contributed by atoms with Gasteiger partial charge in [-0.1, -0.05) is 6.07 Å². The molecule has 1 aromatic heterocycles. The molecule has 1 fully saturated rings. The lowest BCUT2D eigenvalue weighted by molar-refractivity contribution is 0.410. The third-order valence-electron chi connectivity index (χ3n) is 3.15. The fraction of sp³-hybridized carbons (Fsp3) is 0.385. The van der Waals surface area contributed by atoms with Crippen LogP contribution in [0.2, 0.25) is 0 Å². The summed E-state index contributed by atoms with van der Waals surface area (Å²) in [5.41, 5.74) is 1.80. The third-order valence-corrected chi connectivity index (χ3v) is 3.15. The summed E-state index contributed by atoms with van der Waals surface area (Å²) in [6.07, 6.45) is 3.79. The second-order valence-electron chi connectivity index (χ2n) is 4.55. The Morgan fingerprint density at radius 3 is 2.83 bits per heavy atom. The van der Waals surface area contributed by atoms with E-state index in [1.54, 1.807) is 17.1 Å². The first-order valence-electron chi connectivity index (χ1n) is 5.96. The Morgan fingerprint density at radius 1 is 1.39 bits per heavy atom. The van der Waals surface area contributed by atoms with Crippen molar-refractivity contribution in [1.29, 1.82) is 0 Å². The van der Waals surface area contributed by atoms with E-state index in [1.165, 1.54) is 13.2 Å². The lowest BCUT2D eigenvalue weighted by Gasteiger charge is -2.10. The third kappa shape index (κ3) is 1.75. The molecule has 1 saturated carbocycles. The van der Waals surface area contributed by atoms with Crippen LogP contribution in [0.3, 0.4) is 0 Å². The van der Waals surface area contributed by atoms with Crippen molar-refractivity contribution in [2.24, 2.45) is 0 Å². The van der Waals surface area contributed by atoms with Crippen LogP contribution in [0.15, 0.2) is 18.3 Å². The predicted molar refractivity (Wildman–Crippen MR) is 65.0 cm³/mol. The Bertz CT molecular complexity index is 590. The Hall–Kier alpha value is -1.91. The molecule has 4 nitrogen and oxygen atoms in total. The second-order valence-corrected chi connectivity index (χ2v) is 4.55. The number of nitrogens with zero attached hydrogens (tertiary/aromatic N) is 3. The van der Waals surface area contributed by atoms with Crippen LogP contribution in [0, 0.1) is 12.7 Å². The largest absolute Gasteiger partial charge is 0.496 e. The molecule has 0 aliphatic heterocycles. The fourth-order valence-electron chi connectivity index (χ4n) is 2.04. The van der Waals surface area contributed by atoms with Crippen LogP contribution in [-0.4, -0.2) is 22.1 Å². The number of methoxy groups -OCH3 is 1. The molecule has 5 heteroatoms. The molecule has 0 amide bonds. The molecule has 1 heterocycles. The van der Waals surface area contributed by atoms with E-state index in [9.17, 15) is 4.39 Å². The molecule has 18 heavy (non-hydrogen) atoms. The van der Waals surface area contributed by atoms with Gasteiger partial charge in [0.1, 0.15) is 17.3 Å². The molecule has 2 aromatic rings. The summed E-state index contributed by atoms with van der Waals surface area (Å²) in [6, 6.07) is 3.52. The van der Waals surface area contributed by atoms with Crippen molar-refractivity contribution in [3.05, 3.63) is 29.7 Å². The monoisotopic (exact) mass is 247 g/mol. The smallest absolute Gasteiger partial charge is 0.136 e. The van der Waals surface area contributed by atoms with E-state index in [0.717, 1.165) is 18.4 Å². The number of halogens is 1. The summed E-state index contributed by atoms with van der Waals surface area (Å²) in [7, 11) is 1.54. The summed E-state index contributed by atoms with van der Waals surface area (Å²) >= 11 is 0. The van der Waals surface area contributed by atoms with E-state index < -0.39 is 0 Å². The van der Waals surface area contributed by atoms with Crippen LogP contribution in [-0.2, 0) is 0 Å². The number of rotatable bonds is 3. The number of hydrogen-bond acceptors (Lipinski definition) is 3. The standard InChI is InChI=1S/C13H14FN3O/c1-8-3-6-10(14)12(13(8)18-2)11-7-15-17(16-11)9-4-5-9/h3,6-7,9H,4-5H2,1-2H3. The zero-order chi connectivity index (χ0) is 12.7. The predicted octanol–water partition coefficient (Wildman–Crippen LogP) is 2.74. The van der Waals surface area contributed by atoms with E-state index in [-0.39, 0.29) is 5.82 Å². The zero-order valence-electron chi connectivity index (χ0n) is 10.4. The highest BCUT2D eigenvalue weighted by atomic mass is 19.1. The highest BCUT2D eigenvalue weighted by Crippen LogP contribution is 2.37. The van der Waals surface area contributed by atoms with Crippen LogP contribution in [0.1, 0.15) is 24.4 Å². The minimum absolute atomic E-state index is 0.333. The van der Waals surface area contributed by atoms with Crippen LogP contribution < -0.4 is 4.74 Å². The number of aryl methyl sites for hydroxylation is 1. The van der Waals surface area contributed by atoms with E-state index in [4.69, 9.17) is 4.74 Å². The van der Waals surface area contributed by atoms with Gasteiger partial charge < -0.3 is 4.74 Å². The van der Waals surface area contributed by atoms with Gasteiger partial charge in [0.25, 0.3) is 0 Å². The first kappa shape index (κ1) is 11.2. The average Bonchev–Trinajstić information content (AvgIpc) is 3.11. The van der Waals surface area contributed by atoms with E-state index in [0.29, 0.717) is 23.0 Å². The van der Waals surface area contributed by atoms with Crippen molar-refractivity contribution >= 4 is 0 Å². The van der Waals surface area contributed by atoms with Gasteiger partial charge in [-0.2, -0.15) is 15.0 Å². The van der Waals surface area contributed by atoms with Crippen molar-refractivity contribution in [3.63, 3.8) is 0 Å². The summed E-state index contributed by atoms with van der Waals surface area (Å²) in [4.78, 5) is 1.66.